The molecule has 2 rings (SSSR count). The number of rotatable bonds is 4. The van der Waals surface area contributed by atoms with Crippen LogP contribution in [0, 0.1) is 11.3 Å². The monoisotopic (exact) mass is 260 g/mol. The lowest BCUT2D eigenvalue weighted by Crippen LogP contribution is -2.37. The molecule has 104 valence electrons. The van der Waals surface area contributed by atoms with E-state index in [-0.39, 0.29) is 5.84 Å². The van der Waals surface area contributed by atoms with Crippen LogP contribution >= 0.6 is 0 Å². The molecule has 1 aromatic heterocycles. The maximum absolute atomic E-state index is 7.66. The number of aromatic nitrogens is 1. The fraction of sp³-hybridized carbons (Fsp3) is 0.600. The van der Waals surface area contributed by atoms with Gasteiger partial charge in [-0.3, -0.25) is 5.41 Å². The lowest BCUT2D eigenvalue weighted by atomic mass is 9.84. The molecule has 4 heteroatoms. The van der Waals surface area contributed by atoms with Crippen molar-refractivity contribution < 1.29 is 0 Å². The van der Waals surface area contributed by atoms with Gasteiger partial charge in [-0.25, -0.2) is 4.98 Å². The summed E-state index contributed by atoms with van der Waals surface area (Å²) < 4.78 is 0. The Bertz CT molecular complexity index is 436. The van der Waals surface area contributed by atoms with Gasteiger partial charge in [-0.2, -0.15) is 0 Å². The van der Waals surface area contributed by atoms with E-state index in [4.69, 9.17) is 11.1 Å². The summed E-state index contributed by atoms with van der Waals surface area (Å²) >= 11 is 0. The molecular weight excluding hydrogens is 236 g/mol. The molecular formula is C15H24N4. The Morgan fingerprint density at radius 1 is 1.42 bits per heavy atom. The summed E-state index contributed by atoms with van der Waals surface area (Å²) in [4.78, 5) is 6.63. The van der Waals surface area contributed by atoms with Crippen LogP contribution in [-0.4, -0.2) is 23.9 Å². The van der Waals surface area contributed by atoms with Gasteiger partial charge in [-0.15, -0.1) is 0 Å². The van der Waals surface area contributed by atoms with Crippen molar-refractivity contribution in [1.29, 1.82) is 5.41 Å². The van der Waals surface area contributed by atoms with Gasteiger partial charge in [0, 0.05) is 19.3 Å². The lowest BCUT2D eigenvalue weighted by Gasteiger charge is -2.35. The van der Waals surface area contributed by atoms with Crippen LogP contribution in [0.4, 0.5) is 5.82 Å². The zero-order valence-corrected chi connectivity index (χ0v) is 11.9. The maximum atomic E-state index is 7.66. The van der Waals surface area contributed by atoms with E-state index < -0.39 is 0 Å². The summed E-state index contributed by atoms with van der Waals surface area (Å²) in [5.41, 5.74) is 6.38. The third kappa shape index (κ3) is 3.06. The average Bonchev–Trinajstić information content (AvgIpc) is 2.46. The Hall–Kier alpha value is -1.58. The predicted molar refractivity (Wildman–Crippen MR) is 79.7 cm³/mol. The summed E-state index contributed by atoms with van der Waals surface area (Å²) in [7, 11) is 2.08. The van der Waals surface area contributed by atoms with Crippen LogP contribution in [0.5, 0.6) is 0 Å². The van der Waals surface area contributed by atoms with Crippen LogP contribution in [0.3, 0.4) is 0 Å². The molecule has 19 heavy (non-hydrogen) atoms. The van der Waals surface area contributed by atoms with Crippen LogP contribution in [0.25, 0.3) is 0 Å². The minimum Gasteiger partial charge on any atom is -0.384 e. The first kappa shape index (κ1) is 13.8. The fourth-order valence-electron chi connectivity index (χ4n) is 3.00. The van der Waals surface area contributed by atoms with Gasteiger partial charge < -0.3 is 10.6 Å². The molecule has 1 aromatic rings. The van der Waals surface area contributed by atoms with E-state index in [9.17, 15) is 0 Å². The second kappa shape index (κ2) is 6.04. The number of hydrogen-bond donors (Lipinski definition) is 2. The third-order valence-electron chi connectivity index (χ3n) is 4.35. The van der Waals surface area contributed by atoms with E-state index in [2.05, 4.69) is 23.9 Å². The van der Waals surface area contributed by atoms with Crippen molar-refractivity contribution in [3.05, 3.63) is 23.9 Å². The lowest BCUT2D eigenvalue weighted by molar-refractivity contribution is 0.313. The first-order valence-corrected chi connectivity index (χ1v) is 7.15. The molecule has 1 aliphatic rings. The summed E-state index contributed by atoms with van der Waals surface area (Å²) in [6.45, 7) is 2.28. The second-order valence-corrected chi connectivity index (χ2v) is 5.48. The topological polar surface area (TPSA) is 66.0 Å². The van der Waals surface area contributed by atoms with Gasteiger partial charge in [0.2, 0.25) is 0 Å². The molecule has 4 nitrogen and oxygen atoms in total. The molecule has 0 saturated heterocycles. The Kier molecular flexibility index (Phi) is 4.40. The normalized spacial score (nSPS) is 23.1. The van der Waals surface area contributed by atoms with E-state index in [1.165, 1.54) is 32.1 Å². The molecule has 0 spiro atoms. The van der Waals surface area contributed by atoms with Gasteiger partial charge in [-0.05, 0) is 43.7 Å². The zero-order valence-electron chi connectivity index (χ0n) is 11.9. The van der Waals surface area contributed by atoms with Crippen LogP contribution in [0.2, 0.25) is 0 Å². The first-order valence-electron chi connectivity index (χ1n) is 7.15. The molecule has 1 fully saturated rings. The Morgan fingerprint density at radius 2 is 2.11 bits per heavy atom. The van der Waals surface area contributed by atoms with Gasteiger partial charge in [0.15, 0.2) is 0 Å². The smallest absolute Gasteiger partial charge is 0.139 e. The molecule has 1 aliphatic carbocycles. The quantitative estimate of drug-likeness (QED) is 0.646. The van der Waals surface area contributed by atoms with Crippen molar-refractivity contribution in [1.82, 2.24) is 4.98 Å². The van der Waals surface area contributed by atoms with Crippen molar-refractivity contribution in [2.75, 3.05) is 11.9 Å². The Labute approximate surface area is 115 Å². The highest BCUT2D eigenvalue weighted by Crippen LogP contribution is 2.31. The van der Waals surface area contributed by atoms with Crippen LogP contribution in [0.1, 0.15) is 44.6 Å². The van der Waals surface area contributed by atoms with Gasteiger partial charge in [-0.1, -0.05) is 13.3 Å². The summed E-state index contributed by atoms with van der Waals surface area (Å²) in [5, 5.41) is 7.66. The van der Waals surface area contributed by atoms with Crippen molar-refractivity contribution >= 4 is 11.7 Å². The standard InChI is InChI=1S/C15H24N4/c1-3-11-6-8-12(9-7-11)19(2)15-13(14(16)17)5-4-10-18-15/h4-5,10-12H,3,6-9H2,1-2H3,(H3,16,17). The number of nitrogen functional groups attached to an aromatic ring is 1. The molecule has 3 N–H and O–H groups in total. The number of amidine groups is 1. The minimum atomic E-state index is 0.0946. The predicted octanol–water partition coefficient (Wildman–Crippen LogP) is 2.77. The maximum Gasteiger partial charge on any atom is 0.139 e. The van der Waals surface area contributed by atoms with Crippen molar-refractivity contribution in [3.63, 3.8) is 0 Å². The summed E-state index contributed by atoms with van der Waals surface area (Å²) in [5.74, 6) is 1.83. The highest BCUT2D eigenvalue weighted by atomic mass is 15.2. The van der Waals surface area contributed by atoms with Gasteiger partial charge in [0.05, 0.1) is 5.56 Å². The van der Waals surface area contributed by atoms with Crippen molar-refractivity contribution in [3.8, 4) is 0 Å². The summed E-state index contributed by atoms with van der Waals surface area (Å²) in [6.07, 6.45) is 8.09. The third-order valence-corrected chi connectivity index (χ3v) is 4.35. The van der Waals surface area contributed by atoms with Gasteiger partial charge >= 0.3 is 0 Å². The SMILES string of the molecule is CCC1CCC(N(C)c2ncccc2C(=N)N)CC1. The van der Waals surface area contributed by atoms with Crippen LogP contribution in [-0.2, 0) is 0 Å². The van der Waals surface area contributed by atoms with E-state index >= 15 is 0 Å². The largest absolute Gasteiger partial charge is 0.384 e. The number of hydrogen-bond acceptors (Lipinski definition) is 3. The Morgan fingerprint density at radius 3 is 2.68 bits per heavy atom. The number of nitrogens with one attached hydrogen (secondary N) is 1. The molecule has 0 unspecified atom stereocenters. The van der Waals surface area contributed by atoms with Crippen LogP contribution in [0.15, 0.2) is 18.3 Å². The fourth-order valence-corrected chi connectivity index (χ4v) is 3.00. The number of pyridine rings is 1. The molecule has 1 heterocycles. The number of nitrogens with zero attached hydrogens (tertiary/aromatic N) is 2. The molecule has 0 aliphatic heterocycles. The first-order chi connectivity index (χ1) is 9.13. The molecule has 0 amide bonds. The minimum absolute atomic E-state index is 0.0946. The second-order valence-electron chi connectivity index (χ2n) is 5.48. The molecule has 0 atom stereocenters. The number of anilines is 1. The summed E-state index contributed by atoms with van der Waals surface area (Å²) in [6, 6.07) is 4.23. The van der Waals surface area contributed by atoms with Gasteiger partial charge in [0.1, 0.15) is 11.7 Å². The van der Waals surface area contributed by atoms with Gasteiger partial charge in [0.25, 0.3) is 0 Å². The molecule has 0 radical (unpaired) electrons. The molecule has 1 saturated carbocycles. The van der Waals surface area contributed by atoms with Crippen LogP contribution < -0.4 is 10.6 Å². The van der Waals surface area contributed by atoms with Crippen molar-refractivity contribution in [2.45, 2.75) is 45.1 Å². The van der Waals surface area contributed by atoms with Crippen molar-refractivity contribution in [2.24, 2.45) is 11.7 Å². The van der Waals surface area contributed by atoms with E-state index in [1.54, 1.807) is 6.20 Å². The number of nitrogens with two attached hydrogens (primary N) is 1. The van der Waals surface area contributed by atoms with E-state index in [0.29, 0.717) is 6.04 Å². The Balaban J connectivity index is 2.12. The average molecular weight is 260 g/mol. The zero-order chi connectivity index (χ0) is 13.8. The highest BCUT2D eigenvalue weighted by molar-refractivity contribution is 5.99. The highest BCUT2D eigenvalue weighted by Gasteiger charge is 2.25. The van der Waals surface area contributed by atoms with E-state index in [0.717, 1.165) is 17.3 Å². The molecule has 0 aromatic carbocycles. The molecule has 0 bridgehead atoms. The van der Waals surface area contributed by atoms with E-state index in [1.807, 2.05) is 12.1 Å².